The molecule has 0 unspecified atom stereocenters. The molecule has 1 aliphatic carbocycles. The van der Waals surface area contributed by atoms with E-state index in [0.29, 0.717) is 12.1 Å². The number of thiophene rings is 1. The minimum Gasteiger partial charge on any atom is -0.348 e. The molecule has 1 heterocycles. The lowest BCUT2D eigenvalue weighted by molar-refractivity contribution is 0.0950. The zero-order valence-electron chi connectivity index (χ0n) is 15.7. The Hall–Kier alpha value is -1.70. The van der Waals surface area contributed by atoms with E-state index in [1.54, 1.807) is 31.3 Å². The minimum absolute atomic E-state index is 0.0765. The number of nitrogens with one attached hydrogen (secondary N) is 2. The molecule has 1 aromatic heterocycles. The number of amides is 1. The molecule has 7 heteroatoms. The maximum absolute atomic E-state index is 12.7. The molecule has 0 saturated heterocycles. The molecular formula is C20H26N2O3S2. The topological polar surface area (TPSA) is 75.3 Å². The first-order valence-electron chi connectivity index (χ1n) is 9.30. The molecule has 5 nitrogen and oxygen atoms in total. The predicted octanol–water partition coefficient (Wildman–Crippen LogP) is 3.38. The molecule has 0 bridgehead atoms. The van der Waals surface area contributed by atoms with Crippen LogP contribution in [0.3, 0.4) is 0 Å². The van der Waals surface area contributed by atoms with Gasteiger partial charge in [0.05, 0.1) is 11.3 Å². The van der Waals surface area contributed by atoms with Crippen LogP contribution in [0.2, 0.25) is 0 Å². The Balaban J connectivity index is 1.70. The predicted molar refractivity (Wildman–Crippen MR) is 109 cm³/mol. The van der Waals surface area contributed by atoms with Gasteiger partial charge in [0.25, 0.3) is 5.91 Å². The van der Waals surface area contributed by atoms with Crippen LogP contribution in [0.4, 0.5) is 0 Å². The first kappa shape index (κ1) is 20.0. The van der Waals surface area contributed by atoms with Crippen molar-refractivity contribution < 1.29 is 13.2 Å². The fourth-order valence-corrected chi connectivity index (χ4v) is 6.05. The van der Waals surface area contributed by atoms with Crippen LogP contribution >= 0.6 is 11.3 Å². The fourth-order valence-electron chi connectivity index (χ4n) is 3.43. The van der Waals surface area contributed by atoms with Crippen LogP contribution in [0, 0.1) is 0 Å². The highest BCUT2D eigenvalue weighted by Gasteiger charge is 2.20. The number of benzene rings is 1. The van der Waals surface area contributed by atoms with Crippen molar-refractivity contribution >= 4 is 27.3 Å². The Kier molecular flexibility index (Phi) is 6.34. The van der Waals surface area contributed by atoms with E-state index in [1.165, 1.54) is 16.9 Å². The van der Waals surface area contributed by atoms with Crippen molar-refractivity contribution in [2.75, 3.05) is 0 Å². The first-order valence-corrected chi connectivity index (χ1v) is 11.8. The van der Waals surface area contributed by atoms with Crippen molar-refractivity contribution in [1.82, 2.24) is 10.0 Å². The summed E-state index contributed by atoms with van der Waals surface area (Å²) in [6, 6.07) is 7.20. The van der Waals surface area contributed by atoms with Gasteiger partial charge in [-0.05, 0) is 56.2 Å². The largest absolute Gasteiger partial charge is 0.348 e. The van der Waals surface area contributed by atoms with E-state index in [0.717, 1.165) is 30.4 Å². The standard InChI is InChI=1S/C20H26N2O3S2/c1-14(2)22-27(24,25)13-16-8-4-3-7-15(16)11-21-20(23)18-12-26-19-10-6-5-9-17(18)19/h3-4,7-8,12,14,22H,5-6,9-11,13H2,1-2H3,(H,21,23). The Morgan fingerprint density at radius 3 is 2.59 bits per heavy atom. The SMILES string of the molecule is CC(C)NS(=O)(=O)Cc1ccccc1CNC(=O)c1csc2c1CCCC2. The molecule has 0 aliphatic heterocycles. The van der Waals surface area contributed by atoms with Crippen LogP contribution in [0.5, 0.6) is 0 Å². The van der Waals surface area contributed by atoms with Crippen LogP contribution in [-0.2, 0) is 35.2 Å². The van der Waals surface area contributed by atoms with Crippen molar-refractivity contribution in [3.8, 4) is 0 Å². The summed E-state index contributed by atoms with van der Waals surface area (Å²) < 4.78 is 27.1. The van der Waals surface area contributed by atoms with E-state index >= 15 is 0 Å². The van der Waals surface area contributed by atoms with Gasteiger partial charge in [-0.2, -0.15) is 0 Å². The Morgan fingerprint density at radius 1 is 1.15 bits per heavy atom. The molecule has 0 radical (unpaired) electrons. The first-order chi connectivity index (χ1) is 12.9. The molecule has 1 aromatic carbocycles. The third-order valence-electron chi connectivity index (χ3n) is 4.62. The van der Waals surface area contributed by atoms with E-state index in [2.05, 4.69) is 10.0 Å². The quantitative estimate of drug-likeness (QED) is 0.740. The van der Waals surface area contributed by atoms with Gasteiger partial charge in [-0.3, -0.25) is 4.79 Å². The highest BCUT2D eigenvalue weighted by atomic mass is 32.2. The number of aryl methyl sites for hydroxylation is 1. The summed E-state index contributed by atoms with van der Waals surface area (Å²) >= 11 is 1.67. The lowest BCUT2D eigenvalue weighted by Crippen LogP contribution is -2.32. The zero-order chi connectivity index (χ0) is 19.4. The molecule has 0 atom stereocenters. The molecule has 2 N–H and O–H groups in total. The van der Waals surface area contributed by atoms with Crippen molar-refractivity contribution in [3.63, 3.8) is 0 Å². The van der Waals surface area contributed by atoms with Crippen molar-refractivity contribution in [2.45, 2.75) is 57.9 Å². The number of rotatable bonds is 7. The van der Waals surface area contributed by atoms with Gasteiger partial charge in [0.1, 0.15) is 0 Å². The Bertz CT molecular complexity index is 917. The van der Waals surface area contributed by atoms with Crippen LogP contribution < -0.4 is 10.0 Å². The second-order valence-corrected chi connectivity index (χ2v) is 9.96. The van der Waals surface area contributed by atoms with Crippen LogP contribution in [0.1, 0.15) is 58.6 Å². The van der Waals surface area contributed by atoms with Gasteiger partial charge >= 0.3 is 0 Å². The molecule has 1 amide bonds. The lowest BCUT2D eigenvalue weighted by atomic mass is 9.95. The molecule has 2 aromatic rings. The summed E-state index contributed by atoms with van der Waals surface area (Å²) in [7, 11) is -3.41. The molecular weight excluding hydrogens is 380 g/mol. The van der Waals surface area contributed by atoms with E-state index < -0.39 is 10.0 Å². The summed E-state index contributed by atoms with van der Waals surface area (Å²) in [6.07, 6.45) is 4.36. The van der Waals surface area contributed by atoms with Crippen LogP contribution in [0.25, 0.3) is 0 Å². The highest BCUT2D eigenvalue weighted by molar-refractivity contribution is 7.88. The van der Waals surface area contributed by atoms with Crippen LogP contribution in [-0.4, -0.2) is 20.4 Å². The summed E-state index contributed by atoms with van der Waals surface area (Å²) in [6.45, 7) is 3.91. The van der Waals surface area contributed by atoms with E-state index in [9.17, 15) is 13.2 Å². The van der Waals surface area contributed by atoms with Crippen molar-refractivity contribution in [3.05, 3.63) is 56.8 Å². The normalized spacial score (nSPS) is 14.2. The van der Waals surface area contributed by atoms with E-state index in [1.807, 2.05) is 23.6 Å². The zero-order valence-corrected chi connectivity index (χ0v) is 17.4. The average Bonchev–Trinajstić information content (AvgIpc) is 3.03. The van der Waals surface area contributed by atoms with Crippen molar-refractivity contribution in [1.29, 1.82) is 0 Å². The number of sulfonamides is 1. The summed E-state index contributed by atoms with van der Waals surface area (Å²) in [5, 5.41) is 4.92. The number of carbonyl (C=O) groups is 1. The van der Waals surface area contributed by atoms with E-state index in [4.69, 9.17) is 0 Å². The maximum atomic E-state index is 12.7. The number of carbonyl (C=O) groups excluding carboxylic acids is 1. The molecule has 0 fully saturated rings. The van der Waals surface area contributed by atoms with Gasteiger partial charge in [0.15, 0.2) is 0 Å². The van der Waals surface area contributed by atoms with Gasteiger partial charge in [-0.25, -0.2) is 13.1 Å². The third-order valence-corrected chi connectivity index (χ3v) is 7.23. The average molecular weight is 407 g/mol. The smallest absolute Gasteiger partial charge is 0.252 e. The fraction of sp³-hybridized carbons (Fsp3) is 0.450. The minimum atomic E-state index is -3.41. The highest BCUT2D eigenvalue weighted by Crippen LogP contribution is 2.30. The summed E-state index contributed by atoms with van der Waals surface area (Å²) in [5.41, 5.74) is 3.50. The molecule has 1 aliphatic rings. The van der Waals surface area contributed by atoms with Gasteiger partial charge in [0.2, 0.25) is 10.0 Å². The Labute approximate surface area is 165 Å². The number of hydrogen-bond acceptors (Lipinski definition) is 4. The second-order valence-electron chi connectivity index (χ2n) is 7.24. The molecule has 27 heavy (non-hydrogen) atoms. The van der Waals surface area contributed by atoms with Gasteiger partial charge < -0.3 is 5.32 Å². The van der Waals surface area contributed by atoms with E-state index in [-0.39, 0.29) is 17.7 Å². The number of hydrogen-bond donors (Lipinski definition) is 2. The molecule has 0 saturated carbocycles. The summed E-state index contributed by atoms with van der Waals surface area (Å²) in [4.78, 5) is 14.0. The monoisotopic (exact) mass is 406 g/mol. The van der Waals surface area contributed by atoms with Gasteiger partial charge in [-0.1, -0.05) is 24.3 Å². The number of fused-ring (bicyclic) bond motifs is 1. The molecule has 3 rings (SSSR count). The second kappa shape index (κ2) is 8.54. The molecule has 0 spiro atoms. The third kappa shape index (κ3) is 5.18. The summed E-state index contributed by atoms with van der Waals surface area (Å²) in [5.74, 6) is -0.169. The Morgan fingerprint density at radius 2 is 1.85 bits per heavy atom. The van der Waals surface area contributed by atoms with Gasteiger partial charge in [0, 0.05) is 22.8 Å². The van der Waals surface area contributed by atoms with Crippen molar-refractivity contribution in [2.24, 2.45) is 0 Å². The van der Waals surface area contributed by atoms with Crippen LogP contribution in [0.15, 0.2) is 29.6 Å². The van der Waals surface area contributed by atoms with Gasteiger partial charge in [-0.15, -0.1) is 11.3 Å². The molecule has 146 valence electrons. The maximum Gasteiger partial charge on any atom is 0.252 e. The lowest BCUT2D eigenvalue weighted by Gasteiger charge is -2.14.